The van der Waals surface area contributed by atoms with Gasteiger partial charge in [-0.15, -0.1) is 0 Å². The maximum atomic E-state index is 11.2. The summed E-state index contributed by atoms with van der Waals surface area (Å²) in [5.74, 6) is 2.13. The smallest absolute Gasteiger partial charge is 0.159 e. The first kappa shape index (κ1) is 35.1. The van der Waals surface area contributed by atoms with Crippen molar-refractivity contribution in [2.24, 2.45) is 17.3 Å². The third-order valence-electron chi connectivity index (χ3n) is 8.70. The molecule has 0 bridgehead atoms. The van der Waals surface area contributed by atoms with Crippen molar-refractivity contribution in [3.8, 4) is 0 Å². The summed E-state index contributed by atoms with van der Waals surface area (Å²) < 4.78 is 5.61. The first-order valence-corrected chi connectivity index (χ1v) is 16.5. The van der Waals surface area contributed by atoms with Crippen LogP contribution < -0.4 is 4.90 Å². The van der Waals surface area contributed by atoms with E-state index in [9.17, 15) is 4.79 Å². The standard InChI is InChI=1S/C14H19NO2.C13H18.C6H14.C5H10/c1-11(16)12-5-7-13(8-6-12)15(2)10-14-4-3-9-17-14;1-3-11-5-7-12-8-10(2)4-6-13(12)9-11;1-5-6(2,3)4;1-2-5-3-4-5/h5-8,14H,3-4,9-10H2,1-2H3;5,7,9-10H,3-4,6,8H2,1-2H3;5H2,1-4H3;5H,2-4H2,1H3. The molecule has 1 aliphatic heterocycles. The van der Waals surface area contributed by atoms with E-state index in [4.69, 9.17) is 4.74 Å². The van der Waals surface area contributed by atoms with Gasteiger partial charge in [-0.2, -0.15) is 0 Å². The van der Waals surface area contributed by atoms with Gasteiger partial charge in [-0.3, -0.25) is 4.79 Å². The summed E-state index contributed by atoms with van der Waals surface area (Å²) in [6, 6.07) is 14.8. The van der Waals surface area contributed by atoms with Crippen LogP contribution in [0.5, 0.6) is 0 Å². The zero-order valence-electron chi connectivity index (χ0n) is 28.0. The molecule has 2 aromatic carbocycles. The maximum Gasteiger partial charge on any atom is 0.159 e. The molecule has 3 aliphatic rings. The molecule has 0 amide bonds. The highest BCUT2D eigenvalue weighted by atomic mass is 16.5. The van der Waals surface area contributed by atoms with Gasteiger partial charge < -0.3 is 9.64 Å². The van der Waals surface area contributed by atoms with Gasteiger partial charge in [-0.1, -0.05) is 92.3 Å². The monoisotopic (exact) mass is 563 g/mol. The van der Waals surface area contributed by atoms with E-state index in [0.717, 1.165) is 42.7 Å². The molecule has 2 aliphatic carbocycles. The minimum atomic E-state index is 0.110. The van der Waals surface area contributed by atoms with E-state index in [2.05, 4.69) is 78.6 Å². The number of nitrogens with zero attached hydrogens (tertiary/aromatic N) is 1. The average Bonchev–Trinajstić information content (AvgIpc) is 3.68. The zero-order valence-corrected chi connectivity index (χ0v) is 28.0. The SMILES string of the molecule is CC(=O)c1ccc(N(C)CC2CCCO2)cc1.CCC(C)(C)C.CCC1CC1.CCc1ccc2c(c1)CCC(C)C2. The molecular weight excluding hydrogens is 502 g/mol. The molecule has 230 valence electrons. The Morgan fingerprint density at radius 3 is 2.07 bits per heavy atom. The molecule has 2 atom stereocenters. The van der Waals surface area contributed by atoms with Crippen LogP contribution in [0.4, 0.5) is 5.69 Å². The van der Waals surface area contributed by atoms with E-state index in [1.165, 1.54) is 63.4 Å². The molecule has 5 rings (SSSR count). The predicted molar refractivity (Wildman–Crippen MR) is 178 cm³/mol. The second-order valence-electron chi connectivity index (χ2n) is 13.7. The molecule has 0 N–H and O–H groups in total. The van der Waals surface area contributed by atoms with E-state index < -0.39 is 0 Å². The summed E-state index contributed by atoms with van der Waals surface area (Å²) in [7, 11) is 2.06. The first-order valence-electron chi connectivity index (χ1n) is 16.5. The fourth-order valence-corrected chi connectivity index (χ4v) is 4.89. The summed E-state index contributed by atoms with van der Waals surface area (Å²) in [4.78, 5) is 13.4. The molecule has 2 fully saturated rings. The lowest BCUT2D eigenvalue weighted by Crippen LogP contribution is -2.28. The second-order valence-corrected chi connectivity index (χ2v) is 13.7. The minimum absolute atomic E-state index is 0.110. The summed E-state index contributed by atoms with van der Waals surface area (Å²) in [5.41, 5.74) is 7.13. The predicted octanol–water partition coefficient (Wildman–Crippen LogP) is 10.1. The van der Waals surface area contributed by atoms with E-state index >= 15 is 0 Å². The average molecular weight is 564 g/mol. The van der Waals surface area contributed by atoms with Crippen LogP contribution in [-0.2, 0) is 24.0 Å². The summed E-state index contributed by atoms with van der Waals surface area (Å²) >= 11 is 0. The largest absolute Gasteiger partial charge is 0.376 e. The van der Waals surface area contributed by atoms with Crippen molar-refractivity contribution in [2.45, 2.75) is 126 Å². The molecular formula is C38H61NO2. The van der Waals surface area contributed by atoms with Crippen LogP contribution in [0.3, 0.4) is 0 Å². The molecule has 0 aromatic heterocycles. The molecule has 0 radical (unpaired) electrons. The molecule has 1 saturated carbocycles. The Hall–Kier alpha value is -2.13. The molecule has 0 spiro atoms. The highest BCUT2D eigenvalue weighted by molar-refractivity contribution is 5.94. The number of ether oxygens (including phenoxy) is 1. The number of anilines is 1. The van der Waals surface area contributed by atoms with E-state index in [-0.39, 0.29) is 5.78 Å². The Bertz CT molecular complexity index is 1010. The number of carbonyl (C=O) groups excluding carboxylic acids is 1. The number of ketones is 1. The lowest BCUT2D eigenvalue weighted by Gasteiger charge is -2.22. The van der Waals surface area contributed by atoms with Crippen molar-refractivity contribution in [2.75, 3.05) is 25.1 Å². The second kappa shape index (κ2) is 17.7. The van der Waals surface area contributed by atoms with Crippen molar-refractivity contribution in [3.05, 3.63) is 64.7 Å². The van der Waals surface area contributed by atoms with Gasteiger partial charge in [-0.25, -0.2) is 0 Å². The first-order chi connectivity index (χ1) is 19.4. The number of benzene rings is 2. The number of likely N-dealkylation sites (N-methyl/N-ethyl adjacent to an activating group) is 1. The van der Waals surface area contributed by atoms with Crippen LogP contribution in [-0.4, -0.2) is 32.1 Å². The summed E-state index contributed by atoms with van der Waals surface area (Å²) in [6.07, 6.45) is 13.5. The fourth-order valence-electron chi connectivity index (χ4n) is 4.89. The van der Waals surface area contributed by atoms with Gasteiger partial charge in [0, 0.05) is 31.5 Å². The number of carbonyl (C=O) groups is 1. The van der Waals surface area contributed by atoms with Gasteiger partial charge in [-0.05, 0) is 104 Å². The van der Waals surface area contributed by atoms with Crippen LogP contribution in [0.2, 0.25) is 0 Å². The van der Waals surface area contributed by atoms with Gasteiger partial charge in [0.1, 0.15) is 0 Å². The summed E-state index contributed by atoms with van der Waals surface area (Å²) in [6.45, 7) is 19.2. The van der Waals surface area contributed by atoms with Crippen LogP contribution in [0.25, 0.3) is 0 Å². The lowest BCUT2D eigenvalue weighted by molar-refractivity contribution is 0.101. The van der Waals surface area contributed by atoms with Gasteiger partial charge in [0.2, 0.25) is 0 Å². The van der Waals surface area contributed by atoms with Gasteiger partial charge >= 0.3 is 0 Å². The maximum absolute atomic E-state index is 11.2. The third-order valence-corrected chi connectivity index (χ3v) is 8.70. The van der Waals surface area contributed by atoms with Gasteiger partial charge in [0.25, 0.3) is 0 Å². The Labute approximate surface area is 253 Å². The quantitative estimate of drug-likeness (QED) is 0.327. The topological polar surface area (TPSA) is 29.5 Å². The molecule has 41 heavy (non-hydrogen) atoms. The number of rotatable bonds is 6. The third kappa shape index (κ3) is 14.1. The minimum Gasteiger partial charge on any atom is -0.376 e. The molecule has 3 heteroatoms. The van der Waals surface area contributed by atoms with Gasteiger partial charge in [0.15, 0.2) is 5.78 Å². The van der Waals surface area contributed by atoms with Crippen molar-refractivity contribution in [1.82, 2.24) is 0 Å². The molecule has 3 nitrogen and oxygen atoms in total. The van der Waals surface area contributed by atoms with E-state index in [1.807, 2.05) is 24.3 Å². The van der Waals surface area contributed by atoms with Crippen molar-refractivity contribution in [3.63, 3.8) is 0 Å². The number of fused-ring (bicyclic) bond motifs is 1. The lowest BCUT2D eigenvalue weighted by atomic mass is 9.84. The van der Waals surface area contributed by atoms with Gasteiger partial charge in [0.05, 0.1) is 6.10 Å². The highest BCUT2D eigenvalue weighted by Gasteiger charge is 2.18. The fraction of sp³-hybridized carbons (Fsp3) is 0.658. The molecule has 2 unspecified atom stereocenters. The molecule has 1 heterocycles. The number of Topliss-reactive ketones (excluding diaryl/α,β-unsaturated/α-hetero) is 1. The Balaban J connectivity index is 0.000000214. The van der Waals surface area contributed by atoms with E-state index in [1.54, 1.807) is 18.1 Å². The van der Waals surface area contributed by atoms with E-state index in [0.29, 0.717) is 11.5 Å². The van der Waals surface area contributed by atoms with Crippen molar-refractivity contribution >= 4 is 11.5 Å². The Morgan fingerprint density at radius 2 is 1.61 bits per heavy atom. The Morgan fingerprint density at radius 1 is 0.951 bits per heavy atom. The van der Waals surface area contributed by atoms with Crippen LogP contribution in [0, 0.1) is 17.3 Å². The molecule has 2 aromatic rings. The highest BCUT2D eigenvalue weighted by Crippen LogP contribution is 2.31. The van der Waals surface area contributed by atoms with Crippen molar-refractivity contribution < 1.29 is 9.53 Å². The number of hydrogen-bond donors (Lipinski definition) is 0. The van der Waals surface area contributed by atoms with Crippen LogP contribution >= 0.6 is 0 Å². The normalized spacial score (nSPS) is 19.3. The summed E-state index contributed by atoms with van der Waals surface area (Å²) in [5, 5.41) is 0. The van der Waals surface area contributed by atoms with Crippen LogP contribution in [0.15, 0.2) is 42.5 Å². The number of aryl methyl sites for hydroxylation is 2. The van der Waals surface area contributed by atoms with Crippen molar-refractivity contribution in [1.29, 1.82) is 0 Å². The zero-order chi connectivity index (χ0) is 30.4. The molecule has 1 saturated heterocycles. The number of hydrogen-bond acceptors (Lipinski definition) is 3. The Kier molecular flexibility index (Phi) is 15.2. The van der Waals surface area contributed by atoms with Crippen LogP contribution in [0.1, 0.15) is 127 Å².